The van der Waals surface area contributed by atoms with Gasteiger partial charge < -0.3 is 4.90 Å². The normalized spacial score (nSPS) is 17.1. The molecule has 0 atom stereocenters. The second kappa shape index (κ2) is 5.07. The van der Waals surface area contributed by atoms with Crippen LogP contribution in [-0.4, -0.2) is 45.2 Å². The van der Waals surface area contributed by atoms with E-state index in [1.54, 1.807) is 0 Å². The van der Waals surface area contributed by atoms with Crippen molar-refractivity contribution in [3.8, 4) is 0 Å². The van der Waals surface area contributed by atoms with Crippen molar-refractivity contribution in [2.75, 3.05) is 13.1 Å². The molecule has 2 heterocycles. The van der Waals surface area contributed by atoms with Gasteiger partial charge in [0.2, 0.25) is 5.91 Å². The zero-order valence-corrected chi connectivity index (χ0v) is 9.87. The molecule has 2 rings (SSSR count). The maximum absolute atomic E-state index is 11.9. The van der Waals surface area contributed by atoms with Gasteiger partial charge in [-0.05, 0) is 18.8 Å². The minimum atomic E-state index is 0.0410. The van der Waals surface area contributed by atoms with Gasteiger partial charge in [0, 0.05) is 13.1 Å². The number of piperidine rings is 1. The molecule has 0 saturated carbocycles. The summed E-state index contributed by atoms with van der Waals surface area (Å²) in [6, 6.07) is 0. The number of amides is 1. The number of nitrogens with zero attached hydrogens (tertiary/aromatic N) is 4. The van der Waals surface area contributed by atoms with Crippen molar-refractivity contribution >= 4 is 12.2 Å². The van der Waals surface area contributed by atoms with Crippen LogP contribution in [0, 0.1) is 5.92 Å². The molecule has 1 saturated heterocycles. The maximum Gasteiger partial charge on any atom is 0.244 e. The summed E-state index contributed by atoms with van der Waals surface area (Å²) >= 11 is 0. The first kappa shape index (κ1) is 11.8. The van der Waals surface area contributed by atoms with Crippen molar-refractivity contribution in [1.29, 1.82) is 0 Å². The van der Waals surface area contributed by atoms with Crippen LogP contribution in [0.1, 0.15) is 30.3 Å². The van der Waals surface area contributed by atoms with E-state index in [0.717, 1.165) is 25.9 Å². The Balaban J connectivity index is 1.90. The minimum Gasteiger partial charge on any atom is -0.341 e. The predicted molar refractivity (Wildman–Crippen MR) is 60.4 cm³/mol. The van der Waals surface area contributed by atoms with Crippen LogP contribution < -0.4 is 0 Å². The second-order valence-corrected chi connectivity index (χ2v) is 4.52. The van der Waals surface area contributed by atoms with Gasteiger partial charge >= 0.3 is 0 Å². The Bertz CT molecular complexity index is 407. The van der Waals surface area contributed by atoms with E-state index < -0.39 is 0 Å². The van der Waals surface area contributed by atoms with E-state index in [1.165, 1.54) is 10.9 Å². The lowest BCUT2D eigenvalue weighted by molar-refractivity contribution is -0.133. The Kier molecular flexibility index (Phi) is 3.51. The molecule has 17 heavy (non-hydrogen) atoms. The minimum absolute atomic E-state index is 0.0410. The van der Waals surface area contributed by atoms with E-state index in [-0.39, 0.29) is 18.1 Å². The van der Waals surface area contributed by atoms with Gasteiger partial charge in [0.15, 0.2) is 6.29 Å². The van der Waals surface area contributed by atoms with Crippen molar-refractivity contribution in [3.05, 3.63) is 11.9 Å². The van der Waals surface area contributed by atoms with Gasteiger partial charge in [-0.1, -0.05) is 12.1 Å². The number of likely N-dealkylation sites (tertiary alicyclic amines) is 1. The fourth-order valence-electron chi connectivity index (χ4n) is 1.94. The third kappa shape index (κ3) is 2.89. The zero-order chi connectivity index (χ0) is 12.3. The molecule has 0 aromatic carbocycles. The molecule has 1 aromatic heterocycles. The molecule has 0 N–H and O–H groups in total. The molecule has 0 unspecified atom stereocenters. The lowest BCUT2D eigenvalue weighted by atomic mass is 9.99. The van der Waals surface area contributed by atoms with Crippen LogP contribution in [0.4, 0.5) is 0 Å². The number of carbonyl (C=O) groups excluding carboxylic acids is 2. The summed E-state index contributed by atoms with van der Waals surface area (Å²) < 4.78 is 1.41. The first-order chi connectivity index (χ1) is 8.19. The third-order valence-electron chi connectivity index (χ3n) is 3.11. The third-order valence-corrected chi connectivity index (χ3v) is 3.11. The largest absolute Gasteiger partial charge is 0.341 e. The van der Waals surface area contributed by atoms with Gasteiger partial charge in [-0.3, -0.25) is 9.59 Å². The van der Waals surface area contributed by atoms with Crippen LogP contribution >= 0.6 is 0 Å². The van der Waals surface area contributed by atoms with E-state index in [4.69, 9.17) is 0 Å². The summed E-state index contributed by atoms with van der Waals surface area (Å²) in [5.74, 6) is 0.742. The van der Waals surface area contributed by atoms with Gasteiger partial charge in [-0.2, -0.15) is 0 Å². The molecule has 6 nitrogen and oxygen atoms in total. The molecule has 1 aliphatic heterocycles. The average Bonchev–Trinajstić information content (AvgIpc) is 2.77. The fraction of sp³-hybridized carbons (Fsp3) is 0.636. The molecule has 1 fully saturated rings. The smallest absolute Gasteiger partial charge is 0.244 e. The summed E-state index contributed by atoms with van der Waals surface area (Å²) in [7, 11) is 0. The SMILES string of the molecule is CC1CCN(C(=O)Cn2cc(C=O)nn2)CC1. The van der Waals surface area contributed by atoms with E-state index in [9.17, 15) is 9.59 Å². The van der Waals surface area contributed by atoms with Crippen molar-refractivity contribution < 1.29 is 9.59 Å². The van der Waals surface area contributed by atoms with E-state index in [1.807, 2.05) is 4.90 Å². The Morgan fingerprint density at radius 2 is 2.24 bits per heavy atom. The Hall–Kier alpha value is -1.72. The van der Waals surface area contributed by atoms with Gasteiger partial charge in [0.1, 0.15) is 12.2 Å². The summed E-state index contributed by atoms with van der Waals surface area (Å²) in [5.41, 5.74) is 0.255. The molecule has 0 radical (unpaired) electrons. The maximum atomic E-state index is 11.9. The quantitative estimate of drug-likeness (QED) is 0.710. The topological polar surface area (TPSA) is 68.1 Å². The molecule has 1 aliphatic rings. The van der Waals surface area contributed by atoms with Crippen LogP contribution in [0.15, 0.2) is 6.20 Å². The van der Waals surface area contributed by atoms with Gasteiger partial charge in [-0.25, -0.2) is 4.68 Å². The Labute approximate surface area is 99.6 Å². The highest BCUT2D eigenvalue weighted by molar-refractivity contribution is 5.76. The van der Waals surface area contributed by atoms with Crippen molar-refractivity contribution in [2.24, 2.45) is 5.92 Å². The first-order valence-electron chi connectivity index (χ1n) is 5.82. The summed E-state index contributed by atoms with van der Waals surface area (Å²) in [6.07, 6.45) is 4.22. The van der Waals surface area contributed by atoms with Crippen LogP contribution in [0.2, 0.25) is 0 Å². The number of aldehydes is 1. The number of carbonyl (C=O) groups is 2. The van der Waals surface area contributed by atoms with Crippen molar-refractivity contribution in [1.82, 2.24) is 19.9 Å². The Morgan fingerprint density at radius 3 is 2.82 bits per heavy atom. The predicted octanol–water partition coefficient (Wildman–Crippen LogP) is 0.349. The fourth-order valence-corrected chi connectivity index (χ4v) is 1.94. The number of rotatable bonds is 3. The van der Waals surface area contributed by atoms with Crippen molar-refractivity contribution in [3.63, 3.8) is 0 Å². The molecule has 0 bridgehead atoms. The van der Waals surface area contributed by atoms with Gasteiger partial charge in [0.25, 0.3) is 0 Å². The monoisotopic (exact) mass is 236 g/mol. The summed E-state index contributed by atoms with van der Waals surface area (Å²) in [5, 5.41) is 7.34. The highest BCUT2D eigenvalue weighted by Crippen LogP contribution is 2.16. The standard InChI is InChI=1S/C11H16N4O2/c1-9-2-4-14(5-3-9)11(17)7-15-6-10(8-16)12-13-15/h6,8-9H,2-5,7H2,1H3. The van der Waals surface area contributed by atoms with Crippen LogP contribution in [-0.2, 0) is 11.3 Å². The van der Waals surface area contributed by atoms with E-state index >= 15 is 0 Å². The highest BCUT2D eigenvalue weighted by Gasteiger charge is 2.20. The van der Waals surface area contributed by atoms with Gasteiger partial charge in [-0.15, -0.1) is 5.10 Å². The Morgan fingerprint density at radius 1 is 1.53 bits per heavy atom. The number of aromatic nitrogens is 3. The van der Waals surface area contributed by atoms with Crippen molar-refractivity contribution in [2.45, 2.75) is 26.3 Å². The van der Waals surface area contributed by atoms with Crippen LogP contribution in [0.3, 0.4) is 0 Å². The van der Waals surface area contributed by atoms with Crippen LogP contribution in [0.5, 0.6) is 0 Å². The van der Waals surface area contributed by atoms with Crippen LogP contribution in [0.25, 0.3) is 0 Å². The summed E-state index contributed by atoms with van der Waals surface area (Å²) in [6.45, 7) is 4.00. The number of hydrogen-bond acceptors (Lipinski definition) is 4. The molecule has 1 amide bonds. The zero-order valence-electron chi connectivity index (χ0n) is 9.87. The first-order valence-corrected chi connectivity index (χ1v) is 5.82. The molecule has 6 heteroatoms. The molecule has 0 spiro atoms. The molecular weight excluding hydrogens is 220 g/mol. The summed E-state index contributed by atoms with van der Waals surface area (Å²) in [4.78, 5) is 24.2. The molecule has 1 aromatic rings. The van der Waals surface area contributed by atoms with Gasteiger partial charge in [0.05, 0.1) is 6.20 Å². The van der Waals surface area contributed by atoms with E-state index in [0.29, 0.717) is 12.2 Å². The van der Waals surface area contributed by atoms with E-state index in [2.05, 4.69) is 17.2 Å². The number of hydrogen-bond donors (Lipinski definition) is 0. The average molecular weight is 236 g/mol. The molecular formula is C11H16N4O2. The lowest BCUT2D eigenvalue weighted by Gasteiger charge is -2.30. The second-order valence-electron chi connectivity index (χ2n) is 4.52. The molecule has 0 aliphatic carbocycles. The molecule has 92 valence electrons. The lowest BCUT2D eigenvalue weighted by Crippen LogP contribution is -2.39. The highest BCUT2D eigenvalue weighted by atomic mass is 16.2.